The number of guanidine groups is 1. The summed E-state index contributed by atoms with van der Waals surface area (Å²) in [6, 6.07) is 5.85. The fourth-order valence-corrected chi connectivity index (χ4v) is 2.41. The van der Waals surface area contributed by atoms with Gasteiger partial charge in [0.05, 0.1) is 24.5 Å². The van der Waals surface area contributed by atoms with Crippen molar-refractivity contribution in [3.05, 3.63) is 41.2 Å². The van der Waals surface area contributed by atoms with Crippen LogP contribution < -0.4 is 15.5 Å². The Morgan fingerprint density at radius 1 is 1.23 bits per heavy atom. The van der Waals surface area contributed by atoms with Crippen LogP contribution in [0.2, 0.25) is 0 Å². The lowest BCUT2D eigenvalue weighted by Crippen LogP contribution is -2.36. The fourth-order valence-electron chi connectivity index (χ4n) is 1.65. The molecule has 2 rings (SSSR count). The van der Waals surface area contributed by atoms with E-state index in [9.17, 15) is 0 Å². The highest BCUT2D eigenvalue weighted by molar-refractivity contribution is 14.0. The number of thiazole rings is 1. The molecule has 0 spiro atoms. The molecular formula is C14H21IN6S. The third-order valence-electron chi connectivity index (χ3n) is 2.75. The van der Waals surface area contributed by atoms with E-state index in [1.807, 2.05) is 42.6 Å². The molecule has 0 aliphatic rings. The molecule has 2 N–H and O–H groups in total. The maximum Gasteiger partial charge on any atom is 0.191 e. The smallest absolute Gasteiger partial charge is 0.191 e. The van der Waals surface area contributed by atoms with E-state index in [1.165, 1.54) is 0 Å². The average Bonchev–Trinajstić information content (AvgIpc) is 2.98. The van der Waals surface area contributed by atoms with Gasteiger partial charge in [-0.1, -0.05) is 6.07 Å². The molecule has 0 aliphatic carbocycles. The molecule has 0 unspecified atom stereocenters. The Balaban J connectivity index is 0.00000242. The molecule has 0 saturated carbocycles. The molecule has 2 aromatic heterocycles. The first-order valence-electron chi connectivity index (χ1n) is 6.65. The van der Waals surface area contributed by atoms with Crippen molar-refractivity contribution in [3.63, 3.8) is 0 Å². The van der Waals surface area contributed by atoms with E-state index in [2.05, 4.69) is 25.6 Å². The molecule has 8 heteroatoms. The first-order valence-corrected chi connectivity index (χ1v) is 7.53. The van der Waals surface area contributed by atoms with E-state index in [0.29, 0.717) is 13.1 Å². The molecule has 0 fully saturated rings. The largest absolute Gasteiger partial charge is 0.354 e. The Hall–Kier alpha value is -1.42. The van der Waals surface area contributed by atoms with Gasteiger partial charge in [0.15, 0.2) is 11.1 Å². The first-order chi connectivity index (χ1) is 10.2. The fraction of sp³-hybridized carbons (Fsp3) is 0.357. The van der Waals surface area contributed by atoms with E-state index >= 15 is 0 Å². The van der Waals surface area contributed by atoms with E-state index in [-0.39, 0.29) is 24.0 Å². The van der Waals surface area contributed by atoms with Gasteiger partial charge in [-0.15, -0.1) is 35.3 Å². The van der Waals surface area contributed by atoms with E-state index in [4.69, 9.17) is 0 Å². The summed E-state index contributed by atoms with van der Waals surface area (Å²) < 4.78 is 0. The van der Waals surface area contributed by atoms with E-state index in [1.54, 1.807) is 24.6 Å². The molecule has 2 aromatic rings. The number of hydrogen-bond donors (Lipinski definition) is 2. The zero-order valence-corrected chi connectivity index (χ0v) is 16.1. The van der Waals surface area contributed by atoms with Crippen LogP contribution in [0.25, 0.3) is 0 Å². The minimum absolute atomic E-state index is 0. The molecule has 0 aromatic carbocycles. The second-order valence-electron chi connectivity index (χ2n) is 4.62. The van der Waals surface area contributed by atoms with Crippen molar-refractivity contribution < 1.29 is 0 Å². The highest BCUT2D eigenvalue weighted by atomic mass is 127. The van der Waals surface area contributed by atoms with Crippen molar-refractivity contribution >= 4 is 46.4 Å². The zero-order chi connectivity index (χ0) is 15.1. The number of anilines is 1. The van der Waals surface area contributed by atoms with Crippen LogP contribution in [0.4, 0.5) is 5.13 Å². The Kier molecular flexibility index (Phi) is 8.10. The standard InChI is InChI=1S/C14H20N6S.HI/c1-15-13(17-8-11-6-4-5-7-16-11)18-9-12-10-21-14(19-12)20(2)3;/h4-7,10H,8-9H2,1-3H3,(H2,15,17,18);1H. The molecule has 0 radical (unpaired) electrons. The summed E-state index contributed by atoms with van der Waals surface area (Å²) in [4.78, 5) is 15.0. The van der Waals surface area contributed by atoms with E-state index < -0.39 is 0 Å². The number of nitrogens with zero attached hydrogens (tertiary/aromatic N) is 4. The number of hydrogen-bond acceptors (Lipinski definition) is 5. The second-order valence-corrected chi connectivity index (χ2v) is 5.45. The van der Waals surface area contributed by atoms with Crippen LogP contribution in [-0.2, 0) is 13.1 Å². The van der Waals surface area contributed by atoms with Gasteiger partial charge in [0.1, 0.15) is 0 Å². The molecule has 0 amide bonds. The Bertz CT molecular complexity index is 584. The maximum absolute atomic E-state index is 4.52. The molecule has 22 heavy (non-hydrogen) atoms. The van der Waals surface area contributed by atoms with Gasteiger partial charge < -0.3 is 15.5 Å². The lowest BCUT2D eigenvalue weighted by atomic mass is 10.3. The normalized spacial score (nSPS) is 10.8. The third kappa shape index (κ3) is 5.76. The van der Waals surface area contributed by atoms with Crippen LogP contribution >= 0.6 is 35.3 Å². The van der Waals surface area contributed by atoms with Gasteiger partial charge in [0, 0.05) is 32.7 Å². The van der Waals surface area contributed by atoms with Gasteiger partial charge in [-0.3, -0.25) is 9.98 Å². The predicted molar refractivity (Wildman–Crippen MR) is 103 cm³/mol. The minimum atomic E-state index is 0. The molecule has 0 aliphatic heterocycles. The summed E-state index contributed by atoms with van der Waals surface area (Å²) in [6.45, 7) is 1.28. The number of aromatic nitrogens is 2. The summed E-state index contributed by atoms with van der Waals surface area (Å²) in [5.74, 6) is 0.736. The average molecular weight is 432 g/mol. The number of nitrogens with one attached hydrogen (secondary N) is 2. The molecule has 0 bridgehead atoms. The molecule has 6 nitrogen and oxygen atoms in total. The van der Waals surface area contributed by atoms with Gasteiger partial charge in [-0.05, 0) is 12.1 Å². The van der Waals surface area contributed by atoms with E-state index in [0.717, 1.165) is 22.5 Å². The number of rotatable bonds is 5. The first kappa shape index (κ1) is 18.6. The van der Waals surface area contributed by atoms with Gasteiger partial charge in [0.25, 0.3) is 0 Å². The van der Waals surface area contributed by atoms with Gasteiger partial charge in [0.2, 0.25) is 0 Å². The minimum Gasteiger partial charge on any atom is -0.354 e. The number of halogens is 1. The van der Waals surface area contributed by atoms with Crippen LogP contribution in [-0.4, -0.2) is 37.1 Å². The lowest BCUT2D eigenvalue weighted by molar-refractivity contribution is 0.785. The topological polar surface area (TPSA) is 65.4 Å². The summed E-state index contributed by atoms with van der Waals surface area (Å²) in [5.41, 5.74) is 1.98. The Morgan fingerprint density at radius 2 is 1.95 bits per heavy atom. The zero-order valence-electron chi connectivity index (χ0n) is 12.9. The van der Waals surface area contributed by atoms with Crippen molar-refractivity contribution in [2.75, 3.05) is 26.0 Å². The molecule has 120 valence electrons. The summed E-state index contributed by atoms with van der Waals surface area (Å²) in [5, 5.41) is 9.53. The maximum atomic E-state index is 4.52. The predicted octanol–water partition coefficient (Wildman–Crippen LogP) is 2.09. The van der Waals surface area contributed by atoms with Gasteiger partial charge in [-0.25, -0.2) is 4.98 Å². The molecule has 2 heterocycles. The molecular weight excluding hydrogens is 411 g/mol. The number of aliphatic imine (C=N–C) groups is 1. The molecule has 0 saturated heterocycles. The van der Waals surface area contributed by atoms with Crippen molar-refractivity contribution in [2.45, 2.75) is 13.1 Å². The Morgan fingerprint density at radius 3 is 2.50 bits per heavy atom. The monoisotopic (exact) mass is 432 g/mol. The van der Waals surface area contributed by atoms with Gasteiger partial charge >= 0.3 is 0 Å². The lowest BCUT2D eigenvalue weighted by Gasteiger charge is -2.10. The van der Waals surface area contributed by atoms with Crippen LogP contribution in [0.1, 0.15) is 11.4 Å². The third-order valence-corrected chi connectivity index (χ3v) is 3.80. The summed E-state index contributed by atoms with van der Waals surface area (Å²) in [6.07, 6.45) is 1.78. The molecule has 0 atom stereocenters. The van der Waals surface area contributed by atoms with Crippen molar-refractivity contribution in [3.8, 4) is 0 Å². The van der Waals surface area contributed by atoms with Crippen LogP contribution in [0.15, 0.2) is 34.8 Å². The summed E-state index contributed by atoms with van der Waals surface area (Å²) in [7, 11) is 5.73. The van der Waals surface area contributed by atoms with Crippen LogP contribution in [0.3, 0.4) is 0 Å². The van der Waals surface area contributed by atoms with Crippen molar-refractivity contribution in [1.29, 1.82) is 0 Å². The highest BCUT2D eigenvalue weighted by Gasteiger charge is 2.04. The Labute approximate surface area is 152 Å². The van der Waals surface area contributed by atoms with Crippen LogP contribution in [0, 0.1) is 0 Å². The van der Waals surface area contributed by atoms with Crippen molar-refractivity contribution in [2.24, 2.45) is 4.99 Å². The quantitative estimate of drug-likeness (QED) is 0.431. The highest BCUT2D eigenvalue weighted by Crippen LogP contribution is 2.17. The van der Waals surface area contributed by atoms with Gasteiger partial charge in [-0.2, -0.15) is 0 Å². The van der Waals surface area contributed by atoms with Crippen molar-refractivity contribution in [1.82, 2.24) is 20.6 Å². The second kappa shape index (κ2) is 9.57. The van der Waals surface area contributed by atoms with Crippen LogP contribution in [0.5, 0.6) is 0 Å². The number of pyridine rings is 1. The summed E-state index contributed by atoms with van der Waals surface area (Å²) >= 11 is 1.63. The SMILES string of the molecule is CN=C(NCc1ccccn1)NCc1csc(N(C)C)n1.I.